The van der Waals surface area contributed by atoms with Gasteiger partial charge in [-0.3, -0.25) is 9.59 Å². The third-order valence-electron chi connectivity index (χ3n) is 5.31. The topological polar surface area (TPSA) is 108 Å². The highest BCUT2D eigenvalue weighted by Gasteiger charge is 2.42. The maximum atomic E-state index is 13.7. The second-order valence-corrected chi connectivity index (χ2v) is 10.8. The van der Waals surface area contributed by atoms with Gasteiger partial charge in [-0.15, -0.1) is 0 Å². The maximum Gasteiger partial charge on any atom is 0.408 e. The lowest BCUT2D eigenvalue weighted by molar-refractivity contribution is -0.148. The van der Waals surface area contributed by atoms with Crippen LogP contribution in [0.5, 0.6) is 0 Å². The summed E-state index contributed by atoms with van der Waals surface area (Å²) < 4.78 is 5.26. The summed E-state index contributed by atoms with van der Waals surface area (Å²) in [7, 11) is 0. The summed E-state index contributed by atoms with van der Waals surface area (Å²) in [6, 6.07) is 5.21. The molecule has 2 rings (SSSR count). The van der Waals surface area contributed by atoms with E-state index in [4.69, 9.17) is 4.74 Å². The third kappa shape index (κ3) is 7.74. The summed E-state index contributed by atoms with van der Waals surface area (Å²) >= 11 is 0. The second-order valence-electron chi connectivity index (χ2n) is 10.8. The molecule has 184 valence electrons. The monoisotopic (exact) mass is 461 g/mol. The van der Waals surface area contributed by atoms with E-state index < -0.39 is 41.8 Å². The molecule has 1 aliphatic rings. The van der Waals surface area contributed by atoms with Gasteiger partial charge in [-0.2, -0.15) is 0 Å². The van der Waals surface area contributed by atoms with Crippen LogP contribution in [0.2, 0.25) is 0 Å². The van der Waals surface area contributed by atoms with E-state index in [-0.39, 0.29) is 11.9 Å². The molecule has 3 amide bonds. The van der Waals surface area contributed by atoms with Gasteiger partial charge < -0.3 is 25.4 Å². The SMILES string of the molecule is Cc1ccc(C(C(=O)NC(C)(C)C)N(C(=O)C(CO)NC(=O)OC(C)(C)C)C2CCC2)cc1. The largest absolute Gasteiger partial charge is 0.444 e. The minimum atomic E-state index is -1.23. The number of ether oxygens (including phenoxy) is 1. The first-order valence-corrected chi connectivity index (χ1v) is 11.5. The molecule has 8 heteroatoms. The Bertz CT molecular complexity index is 835. The summed E-state index contributed by atoms with van der Waals surface area (Å²) in [5, 5.41) is 15.4. The van der Waals surface area contributed by atoms with Gasteiger partial charge in [0.1, 0.15) is 17.7 Å². The average molecular weight is 462 g/mol. The molecule has 0 aromatic heterocycles. The van der Waals surface area contributed by atoms with Crippen LogP contribution in [0.1, 0.15) is 78.0 Å². The average Bonchev–Trinajstić information content (AvgIpc) is 2.62. The van der Waals surface area contributed by atoms with Gasteiger partial charge in [0.15, 0.2) is 0 Å². The van der Waals surface area contributed by atoms with Crippen LogP contribution in [-0.2, 0) is 14.3 Å². The molecule has 1 saturated carbocycles. The molecule has 2 unspecified atom stereocenters. The van der Waals surface area contributed by atoms with Crippen LogP contribution in [0, 0.1) is 6.92 Å². The Hall–Kier alpha value is -2.61. The number of hydrogen-bond donors (Lipinski definition) is 3. The Morgan fingerprint density at radius 2 is 1.67 bits per heavy atom. The molecule has 0 spiro atoms. The Kier molecular flexibility index (Phi) is 8.52. The minimum Gasteiger partial charge on any atom is -0.444 e. The van der Waals surface area contributed by atoms with Gasteiger partial charge in [-0.05, 0) is 73.3 Å². The molecule has 33 heavy (non-hydrogen) atoms. The maximum absolute atomic E-state index is 13.7. The fraction of sp³-hybridized carbons (Fsp3) is 0.640. The summed E-state index contributed by atoms with van der Waals surface area (Å²) in [4.78, 5) is 41.0. The number of nitrogens with zero attached hydrogens (tertiary/aromatic N) is 1. The van der Waals surface area contributed by atoms with Crippen LogP contribution in [0.3, 0.4) is 0 Å². The highest BCUT2D eigenvalue weighted by atomic mass is 16.6. The smallest absolute Gasteiger partial charge is 0.408 e. The molecule has 0 saturated heterocycles. The molecule has 0 heterocycles. The number of aryl methyl sites for hydroxylation is 1. The van der Waals surface area contributed by atoms with E-state index in [0.717, 1.165) is 24.8 Å². The van der Waals surface area contributed by atoms with Crippen LogP contribution >= 0.6 is 0 Å². The fourth-order valence-corrected chi connectivity index (χ4v) is 3.62. The zero-order chi connectivity index (χ0) is 25.0. The number of carbonyl (C=O) groups excluding carboxylic acids is 3. The first-order chi connectivity index (χ1) is 15.2. The lowest BCUT2D eigenvalue weighted by Gasteiger charge is -2.44. The number of hydrogen-bond acceptors (Lipinski definition) is 5. The van der Waals surface area contributed by atoms with Crippen molar-refractivity contribution in [3.63, 3.8) is 0 Å². The molecule has 8 nitrogen and oxygen atoms in total. The Morgan fingerprint density at radius 3 is 2.09 bits per heavy atom. The van der Waals surface area contributed by atoms with Gasteiger partial charge in [-0.1, -0.05) is 29.8 Å². The molecule has 0 bridgehead atoms. The normalized spacial score (nSPS) is 16.2. The Labute approximate surface area is 197 Å². The highest BCUT2D eigenvalue weighted by Crippen LogP contribution is 2.34. The van der Waals surface area contributed by atoms with Crippen molar-refractivity contribution in [2.45, 2.75) is 97.0 Å². The summed E-state index contributed by atoms with van der Waals surface area (Å²) in [6.45, 7) is 12.1. The number of carbonyl (C=O) groups is 3. The number of nitrogens with one attached hydrogen (secondary N) is 2. The molecule has 3 N–H and O–H groups in total. The quantitative estimate of drug-likeness (QED) is 0.578. The molecule has 1 aromatic rings. The van der Waals surface area contributed by atoms with E-state index in [1.807, 2.05) is 52.0 Å². The molecule has 1 aromatic carbocycles. The first-order valence-electron chi connectivity index (χ1n) is 11.5. The molecule has 2 atom stereocenters. The summed E-state index contributed by atoms with van der Waals surface area (Å²) in [6.07, 6.45) is 1.65. The zero-order valence-corrected chi connectivity index (χ0v) is 20.9. The number of aliphatic hydroxyl groups is 1. The van der Waals surface area contributed by atoms with Crippen molar-refractivity contribution in [2.24, 2.45) is 0 Å². The molecule has 1 fully saturated rings. The van der Waals surface area contributed by atoms with Gasteiger partial charge in [0.05, 0.1) is 6.61 Å². The molecule has 0 radical (unpaired) electrons. The van der Waals surface area contributed by atoms with Crippen molar-refractivity contribution in [1.82, 2.24) is 15.5 Å². The predicted molar refractivity (Wildman–Crippen MR) is 127 cm³/mol. The highest BCUT2D eigenvalue weighted by molar-refractivity contribution is 5.92. The minimum absolute atomic E-state index is 0.163. The van der Waals surface area contributed by atoms with Crippen LogP contribution in [0.4, 0.5) is 4.79 Å². The number of benzene rings is 1. The van der Waals surface area contributed by atoms with Crippen LogP contribution in [-0.4, -0.2) is 57.7 Å². The van der Waals surface area contributed by atoms with E-state index in [1.54, 1.807) is 20.8 Å². The fourth-order valence-electron chi connectivity index (χ4n) is 3.62. The van der Waals surface area contributed by atoms with E-state index in [9.17, 15) is 19.5 Å². The lowest BCUT2D eigenvalue weighted by Crippen LogP contribution is -2.59. The van der Waals surface area contributed by atoms with E-state index in [2.05, 4.69) is 10.6 Å². The van der Waals surface area contributed by atoms with Gasteiger partial charge >= 0.3 is 6.09 Å². The summed E-state index contributed by atoms with van der Waals surface area (Å²) in [5.41, 5.74) is 0.462. The number of amides is 3. The van der Waals surface area contributed by atoms with Crippen LogP contribution < -0.4 is 10.6 Å². The number of aliphatic hydroxyl groups excluding tert-OH is 1. The number of rotatable bonds is 7. The van der Waals surface area contributed by atoms with Crippen LogP contribution in [0.25, 0.3) is 0 Å². The number of alkyl carbamates (subject to hydrolysis) is 1. The summed E-state index contributed by atoms with van der Waals surface area (Å²) in [5.74, 6) is -0.816. The lowest BCUT2D eigenvalue weighted by atomic mass is 9.87. The zero-order valence-electron chi connectivity index (χ0n) is 20.9. The first kappa shape index (κ1) is 26.6. The van der Waals surface area contributed by atoms with E-state index in [1.165, 1.54) is 4.90 Å². The van der Waals surface area contributed by atoms with Crippen molar-refractivity contribution >= 4 is 17.9 Å². The Balaban J connectivity index is 2.42. The molecule has 1 aliphatic carbocycles. The predicted octanol–water partition coefficient (Wildman–Crippen LogP) is 3.22. The van der Waals surface area contributed by atoms with Crippen molar-refractivity contribution in [1.29, 1.82) is 0 Å². The van der Waals surface area contributed by atoms with Gasteiger partial charge in [-0.25, -0.2) is 4.79 Å². The van der Waals surface area contributed by atoms with Gasteiger partial charge in [0, 0.05) is 11.6 Å². The van der Waals surface area contributed by atoms with Crippen molar-refractivity contribution < 1.29 is 24.2 Å². The van der Waals surface area contributed by atoms with Gasteiger partial charge in [0.2, 0.25) is 11.8 Å². The van der Waals surface area contributed by atoms with Crippen molar-refractivity contribution in [3.05, 3.63) is 35.4 Å². The second kappa shape index (κ2) is 10.5. The standard InChI is InChI=1S/C25H39N3O5/c1-16-11-13-17(14-12-16)20(21(30)27-24(2,3)4)28(18-9-8-10-18)22(31)19(15-29)26-23(32)33-25(5,6)7/h11-14,18-20,29H,8-10,15H2,1-7H3,(H,26,32)(H,27,30). The van der Waals surface area contributed by atoms with E-state index >= 15 is 0 Å². The molecular weight excluding hydrogens is 422 g/mol. The van der Waals surface area contributed by atoms with E-state index in [0.29, 0.717) is 5.56 Å². The van der Waals surface area contributed by atoms with Gasteiger partial charge in [0.25, 0.3) is 0 Å². The molecule has 0 aliphatic heterocycles. The third-order valence-corrected chi connectivity index (χ3v) is 5.31. The Morgan fingerprint density at radius 1 is 1.09 bits per heavy atom. The van der Waals surface area contributed by atoms with Crippen molar-refractivity contribution in [3.8, 4) is 0 Å². The van der Waals surface area contributed by atoms with Crippen LogP contribution in [0.15, 0.2) is 24.3 Å². The molecular formula is C25H39N3O5. The van der Waals surface area contributed by atoms with Crippen molar-refractivity contribution in [2.75, 3.05) is 6.61 Å².